The van der Waals surface area contributed by atoms with Gasteiger partial charge in [-0.05, 0) is 50.3 Å². The number of benzene rings is 1. The van der Waals surface area contributed by atoms with Gasteiger partial charge in [-0.1, -0.05) is 19.1 Å². The molecule has 1 heterocycles. The Labute approximate surface area is 211 Å². The van der Waals surface area contributed by atoms with Gasteiger partial charge in [-0.2, -0.15) is 11.8 Å². The Morgan fingerprint density at radius 2 is 1.80 bits per heavy atom. The summed E-state index contributed by atoms with van der Waals surface area (Å²) in [5.74, 6) is 2.40. The highest BCUT2D eigenvalue weighted by molar-refractivity contribution is 7.99. The van der Waals surface area contributed by atoms with E-state index >= 15 is 0 Å². The molecule has 2 aromatic rings. The molecule has 2 rings (SSSR count). The Hall–Kier alpha value is -3.05. The van der Waals surface area contributed by atoms with Crippen LogP contribution in [0.1, 0.15) is 47.9 Å². The van der Waals surface area contributed by atoms with Gasteiger partial charge in [0, 0.05) is 24.7 Å². The largest absolute Gasteiger partial charge is 0.493 e. The van der Waals surface area contributed by atoms with E-state index in [2.05, 4.69) is 39.3 Å². The minimum atomic E-state index is -0.568. The van der Waals surface area contributed by atoms with Gasteiger partial charge in [0.05, 0.1) is 18.9 Å². The van der Waals surface area contributed by atoms with Crippen molar-refractivity contribution in [3.8, 4) is 5.75 Å². The van der Waals surface area contributed by atoms with Gasteiger partial charge in [-0.3, -0.25) is 15.1 Å². The average molecular weight is 504 g/mol. The number of anilines is 2. The van der Waals surface area contributed by atoms with Crippen LogP contribution in [0.2, 0.25) is 0 Å². The van der Waals surface area contributed by atoms with E-state index in [1.165, 1.54) is 5.56 Å². The maximum Gasteiger partial charge on any atom is 0.280 e. The van der Waals surface area contributed by atoms with Crippen molar-refractivity contribution in [1.29, 1.82) is 0 Å². The van der Waals surface area contributed by atoms with Gasteiger partial charge in [0.15, 0.2) is 17.5 Å². The first-order valence-electron chi connectivity index (χ1n) is 11.8. The summed E-state index contributed by atoms with van der Waals surface area (Å²) < 4.78 is 11.3. The summed E-state index contributed by atoms with van der Waals surface area (Å²) in [4.78, 5) is 24.4. The Bertz CT molecular complexity index is 955. The second-order valence-corrected chi connectivity index (χ2v) is 9.05. The third-order valence-electron chi connectivity index (χ3n) is 4.89. The summed E-state index contributed by atoms with van der Waals surface area (Å²) in [6.07, 6.45) is 3.76. The smallest absolute Gasteiger partial charge is 0.280 e. The molecular weight excluding hydrogens is 466 g/mol. The molecule has 0 aliphatic heterocycles. The number of nitrogens with zero attached hydrogens (tertiary/aromatic N) is 3. The van der Waals surface area contributed by atoms with Crippen LogP contribution in [-0.4, -0.2) is 59.7 Å². The van der Waals surface area contributed by atoms with Crippen LogP contribution in [0.4, 0.5) is 11.6 Å². The zero-order valence-electron chi connectivity index (χ0n) is 20.6. The molecule has 35 heavy (non-hydrogen) atoms. The molecule has 0 aliphatic rings. The molecule has 0 aliphatic carbocycles. The second kappa shape index (κ2) is 15.8. The van der Waals surface area contributed by atoms with E-state index in [1.54, 1.807) is 6.92 Å². The third kappa shape index (κ3) is 10.8. The summed E-state index contributed by atoms with van der Waals surface area (Å²) >= 11 is 1.84. The number of nitrogen functional groups attached to an aromatic ring is 2. The first-order valence-corrected chi connectivity index (χ1v) is 12.9. The lowest BCUT2D eigenvalue weighted by molar-refractivity contribution is 0.0972. The number of nitrogens with one attached hydrogen (secondary N) is 1. The van der Waals surface area contributed by atoms with Crippen LogP contribution in [0.5, 0.6) is 5.75 Å². The quantitative estimate of drug-likeness (QED) is 0.162. The van der Waals surface area contributed by atoms with E-state index in [4.69, 9.17) is 26.7 Å². The number of rotatable bonds is 15. The topological polar surface area (TPSA) is 164 Å². The van der Waals surface area contributed by atoms with Crippen LogP contribution in [0.15, 0.2) is 29.3 Å². The Morgan fingerprint density at radius 3 is 2.54 bits per heavy atom. The zero-order valence-corrected chi connectivity index (χ0v) is 21.4. The number of hydrogen-bond donors (Lipinski definition) is 4. The molecule has 0 bridgehead atoms. The molecule has 7 N–H and O–H groups in total. The monoisotopic (exact) mass is 503 g/mol. The van der Waals surface area contributed by atoms with E-state index in [1.807, 2.05) is 23.9 Å². The van der Waals surface area contributed by atoms with Crippen molar-refractivity contribution in [2.75, 3.05) is 49.3 Å². The molecule has 0 saturated heterocycles. The van der Waals surface area contributed by atoms with Crippen molar-refractivity contribution in [2.45, 2.75) is 39.5 Å². The normalized spacial score (nSPS) is 11.4. The molecule has 1 aromatic heterocycles. The Kier molecular flexibility index (Phi) is 12.7. The number of aliphatic imine (C=N–C) groups is 1. The summed E-state index contributed by atoms with van der Waals surface area (Å²) in [6.45, 7) is 6.57. The molecule has 0 unspecified atom stereocenters. The molecule has 0 atom stereocenters. The van der Waals surface area contributed by atoms with E-state index in [-0.39, 0.29) is 23.3 Å². The maximum absolute atomic E-state index is 12.3. The molecule has 1 aromatic carbocycles. The molecule has 1 amide bonds. The Morgan fingerprint density at radius 1 is 1.06 bits per heavy atom. The average Bonchev–Trinajstić information content (AvgIpc) is 2.83. The lowest BCUT2D eigenvalue weighted by Crippen LogP contribution is -2.38. The minimum Gasteiger partial charge on any atom is -0.493 e. The van der Waals surface area contributed by atoms with E-state index in [0.717, 1.165) is 56.2 Å². The van der Waals surface area contributed by atoms with Crippen molar-refractivity contribution in [1.82, 2.24) is 15.3 Å². The SMILES string of the molecule is CCCOCCSCCOc1ccc(CCCCN=C(N)NC(=O)c2nc(C)c(N)nc2N)cc1. The standard InChI is InChI=1S/C24H37N7O3S/c1-3-12-33-13-15-35-16-14-34-19-9-7-18(8-10-19)6-4-5-11-28-24(27)31-23(32)20-22(26)30-21(25)17(2)29-20/h7-10H,3-6,11-16H2,1-2H3,(H4,25,26,30)(H3,27,28,31,32). The number of nitrogens with two attached hydrogens (primary N) is 3. The number of guanidine groups is 1. The highest BCUT2D eigenvalue weighted by Crippen LogP contribution is 2.15. The fourth-order valence-electron chi connectivity index (χ4n) is 3.01. The molecule has 10 nitrogen and oxygen atoms in total. The van der Waals surface area contributed by atoms with Crippen LogP contribution in [-0.2, 0) is 11.2 Å². The van der Waals surface area contributed by atoms with Gasteiger partial charge in [0.1, 0.15) is 11.6 Å². The molecule has 0 fully saturated rings. The van der Waals surface area contributed by atoms with Crippen molar-refractivity contribution in [3.63, 3.8) is 0 Å². The molecular formula is C24H37N7O3S. The number of carbonyl (C=O) groups is 1. The third-order valence-corrected chi connectivity index (χ3v) is 5.80. The second-order valence-electron chi connectivity index (χ2n) is 7.82. The number of ether oxygens (including phenoxy) is 2. The van der Waals surface area contributed by atoms with Crippen molar-refractivity contribution in [3.05, 3.63) is 41.2 Å². The first kappa shape index (κ1) is 28.2. The van der Waals surface area contributed by atoms with Crippen molar-refractivity contribution < 1.29 is 14.3 Å². The van der Waals surface area contributed by atoms with Crippen LogP contribution < -0.4 is 27.3 Å². The van der Waals surface area contributed by atoms with Gasteiger partial charge in [0.25, 0.3) is 5.91 Å². The highest BCUT2D eigenvalue weighted by atomic mass is 32.2. The lowest BCUT2D eigenvalue weighted by Gasteiger charge is -2.08. The lowest BCUT2D eigenvalue weighted by atomic mass is 10.1. The van der Waals surface area contributed by atoms with Crippen LogP contribution in [0, 0.1) is 6.92 Å². The highest BCUT2D eigenvalue weighted by Gasteiger charge is 2.15. The molecule has 0 saturated carbocycles. The van der Waals surface area contributed by atoms with E-state index in [0.29, 0.717) is 18.8 Å². The van der Waals surface area contributed by atoms with Gasteiger partial charge >= 0.3 is 0 Å². The number of amides is 1. The van der Waals surface area contributed by atoms with Gasteiger partial charge in [0.2, 0.25) is 0 Å². The van der Waals surface area contributed by atoms with Gasteiger partial charge < -0.3 is 26.7 Å². The molecule has 11 heteroatoms. The fourth-order valence-corrected chi connectivity index (χ4v) is 3.65. The zero-order chi connectivity index (χ0) is 25.5. The number of aryl methyl sites for hydroxylation is 2. The first-order chi connectivity index (χ1) is 16.9. The Balaban J connectivity index is 1.61. The number of aromatic nitrogens is 2. The maximum atomic E-state index is 12.3. The molecule has 192 valence electrons. The number of carbonyl (C=O) groups excluding carboxylic acids is 1. The van der Waals surface area contributed by atoms with Crippen LogP contribution >= 0.6 is 11.8 Å². The number of thioether (sulfide) groups is 1. The summed E-state index contributed by atoms with van der Waals surface area (Å²) in [5, 5.41) is 2.48. The van der Waals surface area contributed by atoms with Gasteiger partial charge in [-0.15, -0.1) is 0 Å². The van der Waals surface area contributed by atoms with E-state index < -0.39 is 5.91 Å². The predicted octanol–water partition coefficient (Wildman–Crippen LogP) is 2.56. The van der Waals surface area contributed by atoms with Gasteiger partial charge in [-0.25, -0.2) is 9.97 Å². The molecule has 0 radical (unpaired) electrons. The fraction of sp³-hybridized carbons (Fsp3) is 0.500. The minimum absolute atomic E-state index is 0.0128. The van der Waals surface area contributed by atoms with E-state index in [9.17, 15) is 4.79 Å². The van der Waals surface area contributed by atoms with Crippen molar-refractivity contribution in [2.24, 2.45) is 10.7 Å². The predicted molar refractivity (Wildman–Crippen MR) is 143 cm³/mol. The summed E-state index contributed by atoms with van der Waals surface area (Å²) in [6, 6.07) is 8.17. The summed E-state index contributed by atoms with van der Waals surface area (Å²) in [7, 11) is 0. The number of hydrogen-bond acceptors (Lipinski definition) is 9. The molecule has 0 spiro atoms. The summed E-state index contributed by atoms with van der Waals surface area (Å²) in [5.41, 5.74) is 18.8. The van der Waals surface area contributed by atoms with Crippen molar-refractivity contribution >= 4 is 35.3 Å². The van der Waals surface area contributed by atoms with Crippen LogP contribution in [0.3, 0.4) is 0 Å². The van der Waals surface area contributed by atoms with Crippen LogP contribution in [0.25, 0.3) is 0 Å². The number of unbranched alkanes of at least 4 members (excludes halogenated alkanes) is 1.